The molecule has 0 unspecified atom stereocenters. The fourth-order valence-corrected chi connectivity index (χ4v) is 3.42. The molecule has 1 aromatic rings. The highest BCUT2D eigenvalue weighted by atomic mass is 32.2. The second-order valence-corrected chi connectivity index (χ2v) is 7.24. The van der Waals surface area contributed by atoms with E-state index in [2.05, 4.69) is 20.0 Å². The van der Waals surface area contributed by atoms with Crippen LogP contribution in [-0.2, 0) is 0 Å². The number of nitrogens with two attached hydrogens (primary N) is 2. The summed E-state index contributed by atoms with van der Waals surface area (Å²) in [6, 6.07) is 8.11. The lowest BCUT2D eigenvalue weighted by atomic mass is 10.1. The van der Waals surface area contributed by atoms with E-state index in [0.717, 1.165) is 42.5 Å². The third-order valence-corrected chi connectivity index (χ3v) is 5.28. The summed E-state index contributed by atoms with van der Waals surface area (Å²) < 4.78 is 4.36. The standard InChI is InChI=1S/C16H25N5S2/c1-20(22-2)15-6-4-3-5-13(15)14(17)7-8-16(18)23-21-11-9-19-10-12-21/h3-8,19H,9-12,17-18H2,1-2H3/b14-7-,16-8+. The predicted octanol–water partition coefficient (Wildman–Crippen LogP) is 2.05. The summed E-state index contributed by atoms with van der Waals surface area (Å²) in [7, 11) is 2.03. The van der Waals surface area contributed by atoms with Crippen LogP contribution in [0.25, 0.3) is 5.70 Å². The molecule has 1 fully saturated rings. The van der Waals surface area contributed by atoms with Gasteiger partial charge in [0.25, 0.3) is 0 Å². The summed E-state index contributed by atoms with van der Waals surface area (Å²) in [4.78, 5) is 0. The maximum Gasteiger partial charge on any atom is 0.0811 e. The van der Waals surface area contributed by atoms with Crippen LogP contribution in [0.2, 0.25) is 0 Å². The van der Waals surface area contributed by atoms with Crippen LogP contribution in [0.3, 0.4) is 0 Å². The molecule has 0 atom stereocenters. The average Bonchev–Trinajstić information content (AvgIpc) is 2.60. The van der Waals surface area contributed by atoms with Gasteiger partial charge in [-0.3, -0.25) is 0 Å². The van der Waals surface area contributed by atoms with Crippen molar-refractivity contribution in [2.45, 2.75) is 0 Å². The van der Waals surface area contributed by atoms with Gasteiger partial charge in [-0.1, -0.05) is 30.1 Å². The quantitative estimate of drug-likeness (QED) is 0.535. The predicted molar refractivity (Wildman–Crippen MR) is 105 cm³/mol. The first-order chi connectivity index (χ1) is 11.1. The number of para-hydroxylation sites is 1. The molecule has 23 heavy (non-hydrogen) atoms. The van der Waals surface area contributed by atoms with Crippen molar-refractivity contribution in [2.24, 2.45) is 11.5 Å². The molecule has 0 bridgehead atoms. The average molecular weight is 352 g/mol. The third kappa shape index (κ3) is 5.39. The van der Waals surface area contributed by atoms with Crippen LogP contribution in [0.4, 0.5) is 5.69 Å². The van der Waals surface area contributed by atoms with E-state index in [4.69, 9.17) is 11.5 Å². The van der Waals surface area contributed by atoms with E-state index >= 15 is 0 Å². The number of piperazine rings is 1. The first-order valence-electron chi connectivity index (χ1n) is 7.55. The molecule has 0 aromatic heterocycles. The lowest BCUT2D eigenvalue weighted by molar-refractivity contribution is 0.397. The van der Waals surface area contributed by atoms with Crippen LogP contribution < -0.4 is 21.1 Å². The lowest BCUT2D eigenvalue weighted by Gasteiger charge is -2.25. The molecule has 126 valence electrons. The monoisotopic (exact) mass is 351 g/mol. The van der Waals surface area contributed by atoms with Crippen LogP contribution >= 0.6 is 23.9 Å². The van der Waals surface area contributed by atoms with E-state index < -0.39 is 0 Å². The van der Waals surface area contributed by atoms with Crippen LogP contribution in [-0.4, -0.2) is 43.8 Å². The smallest absolute Gasteiger partial charge is 0.0811 e. The van der Waals surface area contributed by atoms with Crippen molar-refractivity contribution in [3.63, 3.8) is 0 Å². The maximum absolute atomic E-state index is 6.26. The van der Waals surface area contributed by atoms with E-state index in [9.17, 15) is 0 Å². The van der Waals surface area contributed by atoms with Crippen molar-refractivity contribution < 1.29 is 0 Å². The topological polar surface area (TPSA) is 70.5 Å². The molecule has 1 aromatic carbocycles. The van der Waals surface area contributed by atoms with Gasteiger partial charge in [-0.2, -0.15) is 0 Å². The Balaban J connectivity index is 2.08. The first-order valence-corrected chi connectivity index (χ1v) is 9.51. The second kappa shape index (κ2) is 9.12. The maximum atomic E-state index is 6.26. The van der Waals surface area contributed by atoms with Gasteiger partial charge in [0.05, 0.1) is 10.7 Å². The highest BCUT2D eigenvalue weighted by Crippen LogP contribution is 2.27. The molecule has 0 saturated carbocycles. The highest BCUT2D eigenvalue weighted by Gasteiger charge is 2.11. The van der Waals surface area contributed by atoms with Gasteiger partial charge in [0.1, 0.15) is 0 Å². The Labute approximate surface area is 147 Å². The SMILES string of the molecule is CSN(C)c1ccccc1/C(N)=C/C=C(\N)SN1CCNCC1. The van der Waals surface area contributed by atoms with Crippen LogP contribution in [0.5, 0.6) is 0 Å². The van der Waals surface area contributed by atoms with Crippen molar-refractivity contribution in [2.75, 3.05) is 43.8 Å². The first kappa shape index (κ1) is 18.1. The molecule has 1 aliphatic heterocycles. The van der Waals surface area contributed by atoms with Crippen molar-refractivity contribution in [1.29, 1.82) is 0 Å². The van der Waals surface area contributed by atoms with E-state index in [1.807, 2.05) is 43.7 Å². The summed E-state index contributed by atoms with van der Waals surface area (Å²) in [5.74, 6) is 0. The normalized spacial score (nSPS) is 17.3. The molecular weight excluding hydrogens is 326 g/mol. The number of hydrogen-bond donors (Lipinski definition) is 3. The molecule has 1 aliphatic rings. The molecule has 0 spiro atoms. The van der Waals surface area contributed by atoms with Crippen molar-refractivity contribution in [3.8, 4) is 0 Å². The Hall–Kier alpha value is -1.28. The molecule has 5 N–H and O–H groups in total. The molecular formula is C16H25N5S2. The van der Waals surface area contributed by atoms with Crippen LogP contribution in [0.15, 0.2) is 41.4 Å². The fourth-order valence-electron chi connectivity index (χ4n) is 2.27. The number of anilines is 1. The van der Waals surface area contributed by atoms with Crippen molar-refractivity contribution in [3.05, 3.63) is 47.0 Å². The van der Waals surface area contributed by atoms with E-state index in [1.165, 1.54) is 0 Å². The van der Waals surface area contributed by atoms with Crippen molar-refractivity contribution in [1.82, 2.24) is 9.62 Å². The number of allylic oxidation sites excluding steroid dienone is 2. The number of hydrogen-bond acceptors (Lipinski definition) is 7. The second-order valence-electron chi connectivity index (χ2n) is 5.16. The highest BCUT2D eigenvalue weighted by molar-refractivity contribution is 8.00. The Morgan fingerprint density at radius 2 is 1.91 bits per heavy atom. The summed E-state index contributed by atoms with van der Waals surface area (Å²) >= 11 is 3.24. The molecule has 5 nitrogen and oxygen atoms in total. The van der Waals surface area contributed by atoms with E-state index in [1.54, 1.807) is 23.9 Å². The number of rotatable bonds is 6. The van der Waals surface area contributed by atoms with Gasteiger partial charge in [0.15, 0.2) is 0 Å². The molecule has 0 amide bonds. The Morgan fingerprint density at radius 3 is 2.61 bits per heavy atom. The van der Waals surface area contributed by atoms with Gasteiger partial charge in [-0.05, 0) is 30.2 Å². The fraction of sp³-hybridized carbons (Fsp3) is 0.375. The van der Waals surface area contributed by atoms with Gasteiger partial charge in [-0.25, -0.2) is 4.31 Å². The van der Waals surface area contributed by atoms with E-state index in [-0.39, 0.29) is 0 Å². The minimum atomic E-state index is 0.713. The van der Waals surface area contributed by atoms with E-state index in [0.29, 0.717) is 5.70 Å². The summed E-state index contributed by atoms with van der Waals surface area (Å²) in [5, 5.41) is 4.08. The molecule has 1 saturated heterocycles. The molecule has 2 rings (SSSR count). The Kier molecular flexibility index (Phi) is 7.16. The minimum Gasteiger partial charge on any atom is -0.398 e. The number of nitrogens with one attached hydrogen (secondary N) is 1. The van der Waals surface area contributed by atoms with Crippen LogP contribution in [0.1, 0.15) is 5.56 Å². The molecule has 1 heterocycles. The van der Waals surface area contributed by atoms with Gasteiger partial charge >= 0.3 is 0 Å². The number of benzene rings is 1. The lowest BCUT2D eigenvalue weighted by Crippen LogP contribution is -2.40. The zero-order valence-electron chi connectivity index (χ0n) is 13.7. The van der Waals surface area contributed by atoms with Gasteiger partial charge in [0, 0.05) is 50.7 Å². The van der Waals surface area contributed by atoms with Gasteiger partial charge in [-0.15, -0.1) is 0 Å². The zero-order chi connectivity index (χ0) is 16.7. The largest absolute Gasteiger partial charge is 0.398 e. The third-order valence-electron chi connectivity index (χ3n) is 3.57. The summed E-state index contributed by atoms with van der Waals surface area (Å²) in [6.07, 6.45) is 5.81. The Morgan fingerprint density at radius 1 is 1.22 bits per heavy atom. The zero-order valence-corrected chi connectivity index (χ0v) is 15.3. The summed E-state index contributed by atoms with van der Waals surface area (Å²) in [5.41, 5.74) is 15.2. The Bertz CT molecular complexity index is 567. The van der Waals surface area contributed by atoms with Gasteiger partial charge in [0.2, 0.25) is 0 Å². The number of nitrogens with zero attached hydrogens (tertiary/aromatic N) is 2. The van der Waals surface area contributed by atoms with Crippen molar-refractivity contribution >= 4 is 35.3 Å². The van der Waals surface area contributed by atoms with Crippen LogP contribution in [0, 0.1) is 0 Å². The minimum absolute atomic E-state index is 0.713. The molecule has 0 aliphatic carbocycles. The molecule has 7 heteroatoms. The summed E-state index contributed by atoms with van der Waals surface area (Å²) in [6.45, 7) is 4.01. The molecule has 0 radical (unpaired) electrons. The van der Waals surface area contributed by atoms with Gasteiger partial charge < -0.3 is 21.1 Å².